The van der Waals surface area contributed by atoms with Gasteiger partial charge in [-0.25, -0.2) is 14.8 Å². The third-order valence-electron chi connectivity index (χ3n) is 3.07. The second kappa shape index (κ2) is 4.57. The number of hydrogen-bond acceptors (Lipinski definition) is 4. The van der Waals surface area contributed by atoms with Gasteiger partial charge in [0.2, 0.25) is 0 Å². The fourth-order valence-corrected chi connectivity index (χ4v) is 2.08. The van der Waals surface area contributed by atoms with Crippen molar-refractivity contribution >= 4 is 5.97 Å². The van der Waals surface area contributed by atoms with Crippen molar-refractivity contribution in [1.82, 2.24) is 14.9 Å². The molecule has 2 heterocycles. The normalized spacial score (nSPS) is 21.2. The van der Waals surface area contributed by atoms with Crippen molar-refractivity contribution in [2.75, 3.05) is 6.54 Å². The molecule has 86 valence electrons. The van der Waals surface area contributed by atoms with Gasteiger partial charge in [0.25, 0.3) is 0 Å². The molecule has 1 N–H and O–H groups in total. The van der Waals surface area contributed by atoms with Gasteiger partial charge in [0.1, 0.15) is 11.9 Å². The van der Waals surface area contributed by atoms with Crippen LogP contribution in [-0.2, 0) is 6.54 Å². The van der Waals surface area contributed by atoms with Gasteiger partial charge in [0.15, 0.2) is 0 Å². The number of aromatic carboxylic acids is 1. The first-order valence-corrected chi connectivity index (χ1v) is 5.44. The number of carbonyl (C=O) groups is 1. The van der Waals surface area contributed by atoms with E-state index in [4.69, 9.17) is 5.11 Å². The summed E-state index contributed by atoms with van der Waals surface area (Å²) in [5, 5.41) is 9.01. The van der Waals surface area contributed by atoms with Crippen molar-refractivity contribution < 1.29 is 9.90 Å². The van der Waals surface area contributed by atoms with Crippen molar-refractivity contribution in [3.63, 3.8) is 0 Å². The molecule has 1 unspecified atom stereocenters. The van der Waals surface area contributed by atoms with E-state index >= 15 is 0 Å². The molecule has 1 aliphatic rings. The highest BCUT2D eigenvalue weighted by atomic mass is 16.4. The van der Waals surface area contributed by atoms with Crippen molar-refractivity contribution in [3.05, 3.63) is 23.8 Å². The van der Waals surface area contributed by atoms with Crippen LogP contribution in [0.25, 0.3) is 0 Å². The number of likely N-dealkylation sites (tertiary alicyclic amines) is 1. The molecular formula is C11H15N3O2. The van der Waals surface area contributed by atoms with E-state index in [1.54, 1.807) is 0 Å². The highest BCUT2D eigenvalue weighted by Gasteiger charge is 2.22. The maximum Gasteiger partial charge on any atom is 0.339 e. The lowest BCUT2D eigenvalue weighted by molar-refractivity contribution is 0.0693. The van der Waals surface area contributed by atoms with Crippen molar-refractivity contribution in [1.29, 1.82) is 0 Å². The summed E-state index contributed by atoms with van der Waals surface area (Å²) < 4.78 is 0. The number of nitrogens with zero attached hydrogens (tertiary/aromatic N) is 3. The molecule has 0 saturated carbocycles. The van der Waals surface area contributed by atoms with Crippen molar-refractivity contribution in [3.8, 4) is 0 Å². The average molecular weight is 221 g/mol. The van der Waals surface area contributed by atoms with Crippen LogP contribution in [0.3, 0.4) is 0 Å². The van der Waals surface area contributed by atoms with Crippen LogP contribution >= 0.6 is 0 Å². The minimum Gasteiger partial charge on any atom is -0.478 e. The van der Waals surface area contributed by atoms with Gasteiger partial charge < -0.3 is 5.11 Å². The Morgan fingerprint density at radius 1 is 1.69 bits per heavy atom. The highest BCUT2D eigenvalue weighted by Crippen LogP contribution is 2.19. The van der Waals surface area contributed by atoms with Crippen LogP contribution in [0, 0.1) is 0 Å². The third kappa shape index (κ3) is 2.19. The Hall–Kier alpha value is -1.49. The molecule has 0 spiro atoms. The Morgan fingerprint density at radius 2 is 2.50 bits per heavy atom. The van der Waals surface area contributed by atoms with E-state index in [1.165, 1.54) is 25.4 Å². The fraction of sp³-hybridized carbons (Fsp3) is 0.545. The van der Waals surface area contributed by atoms with Gasteiger partial charge in [-0.05, 0) is 26.3 Å². The summed E-state index contributed by atoms with van der Waals surface area (Å²) in [6.07, 6.45) is 5.12. The maximum absolute atomic E-state index is 11.0. The van der Waals surface area contributed by atoms with E-state index in [9.17, 15) is 4.79 Å². The molecule has 1 aromatic rings. The second-order valence-electron chi connectivity index (χ2n) is 4.15. The van der Waals surface area contributed by atoms with E-state index in [0.717, 1.165) is 6.54 Å². The van der Waals surface area contributed by atoms with Gasteiger partial charge in [-0.3, -0.25) is 4.90 Å². The van der Waals surface area contributed by atoms with E-state index < -0.39 is 5.97 Å². The first kappa shape index (κ1) is 11.0. The number of aromatic nitrogens is 2. The molecule has 5 heteroatoms. The van der Waals surface area contributed by atoms with Crippen LogP contribution < -0.4 is 0 Å². The minimum atomic E-state index is -0.956. The van der Waals surface area contributed by atoms with E-state index in [-0.39, 0.29) is 5.56 Å². The molecule has 16 heavy (non-hydrogen) atoms. The van der Waals surface area contributed by atoms with Crippen molar-refractivity contribution in [2.24, 2.45) is 0 Å². The Morgan fingerprint density at radius 3 is 3.12 bits per heavy atom. The molecule has 5 nitrogen and oxygen atoms in total. The average Bonchev–Trinajstić information content (AvgIpc) is 2.65. The van der Waals surface area contributed by atoms with Gasteiger partial charge in [-0.2, -0.15) is 0 Å². The van der Waals surface area contributed by atoms with E-state index in [1.807, 2.05) is 0 Å². The summed E-state index contributed by atoms with van der Waals surface area (Å²) in [7, 11) is 0. The van der Waals surface area contributed by atoms with Crippen LogP contribution in [0.2, 0.25) is 0 Å². The summed E-state index contributed by atoms with van der Waals surface area (Å²) in [5.41, 5.74) is 0.817. The zero-order valence-corrected chi connectivity index (χ0v) is 9.26. The number of carboxylic acid groups (broad SMARTS) is 1. The molecule has 1 atom stereocenters. The van der Waals surface area contributed by atoms with Gasteiger partial charge in [0.05, 0.1) is 5.69 Å². The summed E-state index contributed by atoms with van der Waals surface area (Å²) >= 11 is 0. The Bertz CT molecular complexity index is 395. The standard InChI is InChI=1S/C11H15N3O2/c1-8-3-2-4-14(8)6-10-9(11(15)16)5-12-7-13-10/h5,7-8H,2-4,6H2,1H3,(H,15,16). The zero-order valence-electron chi connectivity index (χ0n) is 9.26. The van der Waals surface area contributed by atoms with Crippen molar-refractivity contribution in [2.45, 2.75) is 32.4 Å². The van der Waals surface area contributed by atoms with Crippen LogP contribution in [0.5, 0.6) is 0 Å². The Labute approximate surface area is 94.1 Å². The number of rotatable bonds is 3. The second-order valence-corrected chi connectivity index (χ2v) is 4.15. The van der Waals surface area contributed by atoms with Gasteiger partial charge >= 0.3 is 5.97 Å². The first-order chi connectivity index (χ1) is 7.68. The predicted molar refractivity (Wildman–Crippen MR) is 58.1 cm³/mol. The molecule has 0 bridgehead atoms. The van der Waals surface area contributed by atoms with Gasteiger partial charge in [-0.15, -0.1) is 0 Å². The Kier molecular flexibility index (Phi) is 3.14. The predicted octanol–water partition coefficient (Wildman–Crippen LogP) is 1.16. The largest absolute Gasteiger partial charge is 0.478 e. The van der Waals surface area contributed by atoms with Crippen LogP contribution in [0.1, 0.15) is 35.8 Å². The summed E-state index contributed by atoms with van der Waals surface area (Å²) in [4.78, 5) is 21.1. The quantitative estimate of drug-likeness (QED) is 0.829. The van der Waals surface area contributed by atoms with Gasteiger partial charge in [0, 0.05) is 18.8 Å². The SMILES string of the molecule is CC1CCCN1Cc1ncncc1C(=O)O. The third-order valence-corrected chi connectivity index (χ3v) is 3.07. The Balaban J connectivity index is 2.17. The molecule has 1 saturated heterocycles. The molecule has 1 fully saturated rings. The lowest BCUT2D eigenvalue weighted by Gasteiger charge is -2.20. The molecular weight excluding hydrogens is 206 g/mol. The van der Waals surface area contributed by atoms with E-state index in [2.05, 4.69) is 21.8 Å². The minimum absolute atomic E-state index is 0.210. The smallest absolute Gasteiger partial charge is 0.339 e. The van der Waals surface area contributed by atoms with E-state index in [0.29, 0.717) is 18.3 Å². The number of carboxylic acids is 1. The first-order valence-electron chi connectivity index (χ1n) is 5.44. The molecule has 0 aromatic carbocycles. The summed E-state index contributed by atoms with van der Waals surface area (Å²) in [6, 6.07) is 0.511. The molecule has 0 aliphatic carbocycles. The molecule has 1 aromatic heterocycles. The molecule has 1 aliphatic heterocycles. The molecule has 0 amide bonds. The summed E-state index contributed by atoms with van der Waals surface area (Å²) in [5.74, 6) is -0.956. The lowest BCUT2D eigenvalue weighted by Crippen LogP contribution is -2.27. The van der Waals surface area contributed by atoms with Crippen LogP contribution in [0.4, 0.5) is 0 Å². The lowest BCUT2D eigenvalue weighted by atomic mass is 10.2. The molecule has 0 radical (unpaired) electrons. The van der Waals surface area contributed by atoms with Crippen LogP contribution in [0.15, 0.2) is 12.5 Å². The fourth-order valence-electron chi connectivity index (χ4n) is 2.08. The monoisotopic (exact) mass is 221 g/mol. The summed E-state index contributed by atoms with van der Waals surface area (Å²) in [6.45, 7) is 3.78. The van der Waals surface area contributed by atoms with Crippen LogP contribution in [-0.4, -0.2) is 38.5 Å². The zero-order chi connectivity index (χ0) is 11.5. The topological polar surface area (TPSA) is 66.3 Å². The molecule has 2 rings (SSSR count). The number of hydrogen-bond donors (Lipinski definition) is 1. The highest BCUT2D eigenvalue weighted by molar-refractivity contribution is 5.88. The maximum atomic E-state index is 11.0. The van der Waals surface area contributed by atoms with Gasteiger partial charge in [-0.1, -0.05) is 0 Å².